The molecule has 0 aliphatic carbocycles. The van der Waals surface area contributed by atoms with Gasteiger partial charge in [0.2, 0.25) is 0 Å². The zero-order chi connectivity index (χ0) is 15.4. The molecule has 6 heteroatoms. The number of halogens is 2. The van der Waals surface area contributed by atoms with E-state index in [4.69, 9.17) is 15.2 Å². The molecule has 0 radical (unpaired) electrons. The van der Waals surface area contributed by atoms with Crippen LogP contribution in [0.4, 0.5) is 10.1 Å². The van der Waals surface area contributed by atoms with Gasteiger partial charge in [0.25, 0.3) is 0 Å². The van der Waals surface area contributed by atoms with E-state index in [-0.39, 0.29) is 18.0 Å². The number of carbonyl (C=O) groups is 1. The maximum atomic E-state index is 13.1. The average Bonchev–Trinajstić information content (AvgIpc) is 2.48. The Balaban J connectivity index is 2.09. The first-order chi connectivity index (χ1) is 10.0. The molecule has 0 aliphatic rings. The fourth-order valence-electron chi connectivity index (χ4n) is 1.70. The number of methoxy groups -OCH3 is 1. The molecule has 0 saturated carbocycles. The van der Waals surface area contributed by atoms with E-state index in [0.29, 0.717) is 21.5 Å². The fraction of sp³-hybridized carbons (Fsp3) is 0.133. The lowest BCUT2D eigenvalue weighted by Gasteiger charge is -2.09. The SMILES string of the molecule is COc1ccc(N)c(C(=O)OCc2ccc(F)c(Br)c2)c1. The van der Waals surface area contributed by atoms with E-state index in [9.17, 15) is 9.18 Å². The van der Waals surface area contributed by atoms with Crippen LogP contribution >= 0.6 is 15.9 Å². The van der Waals surface area contributed by atoms with Crippen molar-refractivity contribution in [1.82, 2.24) is 0 Å². The summed E-state index contributed by atoms with van der Waals surface area (Å²) in [5.74, 6) is -0.422. The second-order valence-electron chi connectivity index (χ2n) is 4.28. The molecule has 2 rings (SSSR count). The van der Waals surface area contributed by atoms with Crippen LogP contribution in [0.2, 0.25) is 0 Å². The first kappa shape index (κ1) is 15.3. The van der Waals surface area contributed by atoms with Crippen LogP contribution in [0.5, 0.6) is 5.75 Å². The van der Waals surface area contributed by atoms with Crippen LogP contribution in [0.1, 0.15) is 15.9 Å². The Morgan fingerprint density at radius 3 is 2.71 bits per heavy atom. The van der Waals surface area contributed by atoms with E-state index in [1.54, 1.807) is 24.3 Å². The summed E-state index contributed by atoms with van der Waals surface area (Å²) in [6.07, 6.45) is 0. The third kappa shape index (κ3) is 3.72. The largest absolute Gasteiger partial charge is 0.497 e. The fourth-order valence-corrected chi connectivity index (χ4v) is 2.12. The number of nitrogens with two attached hydrogens (primary N) is 1. The lowest BCUT2D eigenvalue weighted by atomic mass is 10.1. The van der Waals surface area contributed by atoms with Crippen LogP contribution in [-0.4, -0.2) is 13.1 Å². The third-order valence-electron chi connectivity index (χ3n) is 2.83. The van der Waals surface area contributed by atoms with Crippen LogP contribution in [0, 0.1) is 5.82 Å². The number of nitrogen functional groups attached to an aromatic ring is 1. The van der Waals surface area contributed by atoms with E-state index >= 15 is 0 Å². The highest BCUT2D eigenvalue weighted by molar-refractivity contribution is 9.10. The molecular formula is C15H13BrFNO3. The first-order valence-electron chi connectivity index (χ1n) is 6.06. The van der Waals surface area contributed by atoms with Crippen molar-refractivity contribution in [2.75, 3.05) is 12.8 Å². The number of rotatable bonds is 4. The van der Waals surface area contributed by atoms with E-state index in [1.165, 1.54) is 19.2 Å². The Morgan fingerprint density at radius 2 is 2.05 bits per heavy atom. The van der Waals surface area contributed by atoms with Gasteiger partial charge in [-0.2, -0.15) is 0 Å². The summed E-state index contributed by atoms with van der Waals surface area (Å²) in [6.45, 7) is 0.0222. The number of anilines is 1. The van der Waals surface area contributed by atoms with Crippen molar-refractivity contribution in [3.05, 3.63) is 57.8 Å². The number of hydrogen-bond acceptors (Lipinski definition) is 4. The maximum Gasteiger partial charge on any atom is 0.340 e. The minimum Gasteiger partial charge on any atom is -0.497 e. The van der Waals surface area contributed by atoms with Gasteiger partial charge >= 0.3 is 5.97 Å². The Bertz CT molecular complexity index is 676. The number of benzene rings is 2. The number of esters is 1. The molecule has 0 aliphatic heterocycles. The Kier molecular flexibility index (Phi) is 4.80. The summed E-state index contributed by atoms with van der Waals surface area (Å²) in [5, 5.41) is 0. The quantitative estimate of drug-likeness (QED) is 0.674. The van der Waals surface area contributed by atoms with Gasteiger partial charge in [-0.15, -0.1) is 0 Å². The molecule has 4 nitrogen and oxygen atoms in total. The predicted octanol–water partition coefficient (Wildman–Crippen LogP) is 3.54. The van der Waals surface area contributed by atoms with Gasteiger partial charge in [-0.25, -0.2) is 9.18 Å². The predicted molar refractivity (Wildman–Crippen MR) is 80.6 cm³/mol. The molecule has 0 fully saturated rings. The molecule has 0 amide bonds. The Labute approximate surface area is 129 Å². The van der Waals surface area contributed by atoms with E-state index in [0.717, 1.165) is 0 Å². The van der Waals surface area contributed by atoms with Gasteiger partial charge in [-0.05, 0) is 51.8 Å². The highest BCUT2D eigenvalue weighted by atomic mass is 79.9. The molecular weight excluding hydrogens is 341 g/mol. The molecule has 21 heavy (non-hydrogen) atoms. The molecule has 2 aromatic carbocycles. The summed E-state index contributed by atoms with van der Waals surface area (Å²) < 4.78 is 23.6. The first-order valence-corrected chi connectivity index (χ1v) is 6.85. The van der Waals surface area contributed by atoms with Crippen LogP contribution in [0.3, 0.4) is 0 Å². The second kappa shape index (κ2) is 6.58. The van der Waals surface area contributed by atoms with Crippen molar-refractivity contribution in [3.63, 3.8) is 0 Å². The van der Waals surface area contributed by atoms with Gasteiger partial charge in [-0.3, -0.25) is 0 Å². The Hall–Kier alpha value is -2.08. The zero-order valence-corrected chi connectivity index (χ0v) is 12.8. The monoisotopic (exact) mass is 353 g/mol. The van der Waals surface area contributed by atoms with Gasteiger partial charge in [0.05, 0.1) is 17.1 Å². The van der Waals surface area contributed by atoms with E-state index in [2.05, 4.69) is 15.9 Å². The van der Waals surface area contributed by atoms with Crippen molar-refractivity contribution in [2.45, 2.75) is 6.61 Å². The lowest BCUT2D eigenvalue weighted by molar-refractivity contribution is 0.0473. The van der Waals surface area contributed by atoms with Gasteiger partial charge in [0, 0.05) is 5.69 Å². The van der Waals surface area contributed by atoms with Crippen LogP contribution in [-0.2, 0) is 11.3 Å². The smallest absolute Gasteiger partial charge is 0.340 e. The van der Waals surface area contributed by atoms with Crippen molar-refractivity contribution in [3.8, 4) is 5.75 Å². The molecule has 0 heterocycles. The van der Waals surface area contributed by atoms with Gasteiger partial charge in [-0.1, -0.05) is 6.07 Å². The molecule has 0 spiro atoms. The van der Waals surface area contributed by atoms with Gasteiger partial charge in [0.1, 0.15) is 18.2 Å². The molecule has 0 atom stereocenters. The van der Waals surface area contributed by atoms with Crippen LogP contribution in [0.15, 0.2) is 40.9 Å². The van der Waals surface area contributed by atoms with Crippen molar-refractivity contribution in [2.24, 2.45) is 0 Å². The van der Waals surface area contributed by atoms with Crippen molar-refractivity contribution >= 4 is 27.6 Å². The molecule has 0 unspecified atom stereocenters. The van der Waals surface area contributed by atoms with E-state index in [1.807, 2.05) is 0 Å². The summed E-state index contributed by atoms with van der Waals surface area (Å²) in [6, 6.07) is 9.14. The molecule has 0 saturated heterocycles. The number of ether oxygens (including phenoxy) is 2. The minimum absolute atomic E-state index is 0.0222. The standard InChI is InChI=1S/C15H13BrFNO3/c1-20-10-3-5-14(18)11(7-10)15(19)21-8-9-2-4-13(17)12(16)6-9/h2-7H,8,18H2,1H3. The summed E-state index contributed by atoms with van der Waals surface area (Å²) in [5.41, 5.74) is 6.95. The van der Waals surface area contributed by atoms with Crippen molar-refractivity contribution in [1.29, 1.82) is 0 Å². The highest BCUT2D eigenvalue weighted by Crippen LogP contribution is 2.21. The van der Waals surface area contributed by atoms with E-state index < -0.39 is 5.97 Å². The molecule has 0 bridgehead atoms. The average molecular weight is 354 g/mol. The molecule has 110 valence electrons. The van der Waals surface area contributed by atoms with Crippen LogP contribution in [0.25, 0.3) is 0 Å². The highest BCUT2D eigenvalue weighted by Gasteiger charge is 2.13. The zero-order valence-electron chi connectivity index (χ0n) is 11.2. The summed E-state index contributed by atoms with van der Waals surface area (Å²) >= 11 is 3.08. The summed E-state index contributed by atoms with van der Waals surface area (Å²) in [7, 11) is 1.50. The lowest BCUT2D eigenvalue weighted by Crippen LogP contribution is -2.08. The molecule has 2 N–H and O–H groups in total. The maximum absolute atomic E-state index is 13.1. The van der Waals surface area contributed by atoms with Crippen molar-refractivity contribution < 1.29 is 18.7 Å². The molecule has 2 aromatic rings. The van der Waals surface area contributed by atoms with Gasteiger partial charge in [0.15, 0.2) is 0 Å². The summed E-state index contributed by atoms with van der Waals surface area (Å²) in [4.78, 5) is 12.0. The third-order valence-corrected chi connectivity index (χ3v) is 3.44. The van der Waals surface area contributed by atoms with Crippen LogP contribution < -0.4 is 10.5 Å². The topological polar surface area (TPSA) is 61.5 Å². The minimum atomic E-state index is -0.563. The number of hydrogen-bond donors (Lipinski definition) is 1. The second-order valence-corrected chi connectivity index (χ2v) is 5.13. The molecule has 0 aromatic heterocycles. The number of carbonyl (C=O) groups excluding carboxylic acids is 1. The normalized spacial score (nSPS) is 10.2. The van der Waals surface area contributed by atoms with Gasteiger partial charge < -0.3 is 15.2 Å². The Morgan fingerprint density at radius 1 is 1.29 bits per heavy atom.